The molecule has 58 heavy (non-hydrogen) atoms. The summed E-state index contributed by atoms with van der Waals surface area (Å²) in [5, 5.41) is 29.3. The number of benzene rings is 4. The van der Waals surface area contributed by atoms with Gasteiger partial charge in [0.25, 0.3) is 17.0 Å². The van der Waals surface area contributed by atoms with Crippen molar-refractivity contribution in [1.82, 2.24) is 34.6 Å². The van der Waals surface area contributed by atoms with Gasteiger partial charge in [-0.25, -0.2) is 0 Å². The molecule has 5 heterocycles. The Morgan fingerprint density at radius 1 is 0.828 bits per heavy atom. The molecule has 14 nitrogen and oxygen atoms in total. The fraction of sp³-hybridized carbons (Fsp3) is 0.279. The highest BCUT2D eigenvalue weighted by molar-refractivity contribution is 6.71. The van der Waals surface area contributed by atoms with Gasteiger partial charge in [0.2, 0.25) is 0 Å². The molecule has 0 saturated carbocycles. The molecule has 2 aliphatic rings. The molecule has 15 heteroatoms. The summed E-state index contributed by atoms with van der Waals surface area (Å²) in [6.45, 7) is 6.25. The summed E-state index contributed by atoms with van der Waals surface area (Å²) in [6, 6.07) is 27.4. The highest BCUT2D eigenvalue weighted by Gasteiger charge is 2.66. The van der Waals surface area contributed by atoms with Crippen molar-refractivity contribution in [2.75, 3.05) is 11.5 Å². The van der Waals surface area contributed by atoms with Crippen molar-refractivity contribution in [2.24, 2.45) is 5.92 Å². The number of anilines is 1. The number of carbonyl (C=O) groups excluding carboxylic acids is 1. The predicted molar refractivity (Wildman–Crippen MR) is 220 cm³/mol. The smallest absolute Gasteiger partial charge is 0.279 e. The lowest BCUT2D eigenvalue weighted by molar-refractivity contribution is -0.146. The van der Waals surface area contributed by atoms with Gasteiger partial charge in [-0.1, -0.05) is 60.7 Å². The first-order valence-electron chi connectivity index (χ1n) is 19.4. The van der Waals surface area contributed by atoms with Crippen LogP contribution >= 0.6 is 0 Å². The van der Waals surface area contributed by atoms with Crippen molar-refractivity contribution in [3.63, 3.8) is 0 Å². The van der Waals surface area contributed by atoms with E-state index in [-0.39, 0.29) is 35.7 Å². The number of nitrogens with zero attached hydrogens (tertiary/aromatic N) is 8. The molecule has 3 aromatic heterocycles. The van der Waals surface area contributed by atoms with Gasteiger partial charge in [0.15, 0.2) is 13.9 Å². The zero-order chi connectivity index (χ0) is 40.3. The molecule has 4 aromatic carbocycles. The second kappa shape index (κ2) is 14.4. The SMILES string of the molecule is C[C@@H]1[C@@H]([Si](C)(C)O)[C@H](CCn2cc(CCO)nn2)O[C@@]12C(=O)N(Cc1cccc(-n3ncc4ccccc4c3=O)c1)c1ccc(-n3ncc4ccccc4c3=O)cc12. The summed E-state index contributed by atoms with van der Waals surface area (Å²) < 4.78 is 11.5. The Morgan fingerprint density at radius 3 is 2.14 bits per heavy atom. The molecule has 0 radical (unpaired) electrons. The fourth-order valence-corrected chi connectivity index (χ4v) is 11.7. The van der Waals surface area contributed by atoms with Crippen LogP contribution in [0.15, 0.2) is 119 Å². The molecule has 0 aliphatic carbocycles. The van der Waals surface area contributed by atoms with Crippen molar-refractivity contribution < 1.29 is 19.4 Å². The number of rotatable bonds is 10. The highest BCUT2D eigenvalue weighted by atomic mass is 28.4. The predicted octanol–water partition coefficient (Wildman–Crippen LogP) is 4.65. The number of aliphatic hydroxyl groups is 1. The molecular weight excluding hydrogens is 753 g/mol. The summed E-state index contributed by atoms with van der Waals surface area (Å²) in [7, 11) is -3.00. The minimum atomic E-state index is -3.00. The van der Waals surface area contributed by atoms with Crippen molar-refractivity contribution in [3.8, 4) is 11.4 Å². The van der Waals surface area contributed by atoms with Gasteiger partial charge in [-0.15, -0.1) is 5.10 Å². The molecule has 0 bridgehead atoms. The van der Waals surface area contributed by atoms with Crippen LogP contribution in [0.25, 0.3) is 32.9 Å². The number of aliphatic hydroxyl groups excluding tert-OH is 1. The zero-order valence-electron chi connectivity index (χ0n) is 32.3. The Balaban J connectivity index is 1.14. The topological polar surface area (TPSA) is 170 Å². The minimum absolute atomic E-state index is 0.0408. The number of hydrogen-bond acceptors (Lipinski definition) is 10. The second-order valence-corrected chi connectivity index (χ2v) is 19.7. The number of ether oxygens (including phenoxy) is 1. The van der Waals surface area contributed by atoms with Crippen molar-refractivity contribution in [2.45, 2.75) is 63.2 Å². The van der Waals surface area contributed by atoms with Crippen LogP contribution in [0.3, 0.4) is 0 Å². The van der Waals surface area contributed by atoms with E-state index in [2.05, 4.69) is 20.5 Å². The maximum Gasteiger partial charge on any atom is 0.279 e. The summed E-state index contributed by atoms with van der Waals surface area (Å²) in [6.07, 6.45) is 5.40. The Kier molecular flexibility index (Phi) is 9.27. The number of aryl methyl sites for hydroxylation is 1. The van der Waals surface area contributed by atoms with Crippen LogP contribution in [0, 0.1) is 5.92 Å². The monoisotopic (exact) mass is 794 g/mol. The maximum absolute atomic E-state index is 15.3. The van der Waals surface area contributed by atoms with E-state index in [0.717, 1.165) is 16.3 Å². The van der Waals surface area contributed by atoms with E-state index < -0.39 is 25.9 Å². The summed E-state index contributed by atoms with van der Waals surface area (Å²) >= 11 is 0. The molecule has 294 valence electrons. The van der Waals surface area contributed by atoms with Gasteiger partial charge in [0.05, 0.1) is 58.6 Å². The van der Waals surface area contributed by atoms with Crippen LogP contribution in [-0.4, -0.2) is 71.4 Å². The lowest BCUT2D eigenvalue weighted by atomic mass is 9.82. The third-order valence-corrected chi connectivity index (χ3v) is 14.2. The summed E-state index contributed by atoms with van der Waals surface area (Å²) in [5.41, 5.74) is 1.24. The lowest BCUT2D eigenvalue weighted by Crippen LogP contribution is -2.46. The van der Waals surface area contributed by atoms with Gasteiger partial charge in [-0.05, 0) is 67.5 Å². The molecule has 1 fully saturated rings. The first-order valence-corrected chi connectivity index (χ1v) is 22.4. The van der Waals surface area contributed by atoms with E-state index in [1.807, 2.05) is 92.8 Å². The van der Waals surface area contributed by atoms with Crippen LogP contribution < -0.4 is 16.0 Å². The van der Waals surface area contributed by atoms with Gasteiger partial charge < -0.3 is 19.5 Å². The highest BCUT2D eigenvalue weighted by Crippen LogP contribution is 2.60. The number of hydrogen-bond donors (Lipinski definition) is 2. The van der Waals surface area contributed by atoms with E-state index >= 15 is 4.79 Å². The van der Waals surface area contributed by atoms with Gasteiger partial charge in [0.1, 0.15) is 0 Å². The molecule has 1 amide bonds. The van der Waals surface area contributed by atoms with E-state index in [0.29, 0.717) is 58.5 Å². The van der Waals surface area contributed by atoms with Crippen LogP contribution in [0.2, 0.25) is 18.6 Å². The van der Waals surface area contributed by atoms with Crippen LogP contribution in [0.1, 0.15) is 30.2 Å². The Labute approximate surface area is 333 Å². The molecule has 4 atom stereocenters. The van der Waals surface area contributed by atoms with Crippen LogP contribution in [0.5, 0.6) is 0 Å². The number of fused-ring (bicyclic) bond motifs is 4. The molecule has 1 saturated heterocycles. The van der Waals surface area contributed by atoms with Gasteiger partial charge >= 0.3 is 0 Å². The second-order valence-electron chi connectivity index (χ2n) is 15.8. The average molecular weight is 795 g/mol. The third kappa shape index (κ3) is 6.18. The molecular formula is C43H42N8O6Si. The Bertz CT molecular complexity index is 2850. The zero-order valence-corrected chi connectivity index (χ0v) is 33.3. The average Bonchev–Trinajstić information content (AvgIpc) is 3.87. The van der Waals surface area contributed by atoms with E-state index in [4.69, 9.17) is 4.74 Å². The quantitative estimate of drug-likeness (QED) is 0.186. The van der Waals surface area contributed by atoms with Crippen molar-refractivity contribution in [3.05, 3.63) is 147 Å². The lowest BCUT2D eigenvalue weighted by Gasteiger charge is -2.32. The Morgan fingerprint density at radius 2 is 1.48 bits per heavy atom. The number of aromatic nitrogens is 7. The van der Waals surface area contributed by atoms with Gasteiger partial charge in [0, 0.05) is 53.6 Å². The van der Waals surface area contributed by atoms with Gasteiger partial charge in [-0.3, -0.25) is 19.1 Å². The molecule has 2 aliphatic heterocycles. The fourth-order valence-electron chi connectivity index (χ4n) is 9.08. The Hall–Kier alpha value is -6.13. The van der Waals surface area contributed by atoms with Crippen LogP contribution in [0.4, 0.5) is 5.69 Å². The largest absolute Gasteiger partial charge is 0.432 e. The van der Waals surface area contributed by atoms with E-state index in [1.165, 1.54) is 9.36 Å². The minimum Gasteiger partial charge on any atom is -0.432 e. The number of amides is 1. The number of carbonyl (C=O) groups is 1. The third-order valence-electron chi connectivity index (χ3n) is 11.7. The van der Waals surface area contributed by atoms with E-state index in [1.54, 1.807) is 46.4 Å². The van der Waals surface area contributed by atoms with Crippen molar-refractivity contribution >= 4 is 41.5 Å². The first kappa shape index (κ1) is 37.4. The maximum atomic E-state index is 15.3. The molecule has 1 spiro atoms. The summed E-state index contributed by atoms with van der Waals surface area (Å²) in [4.78, 5) is 56.3. The van der Waals surface area contributed by atoms with Gasteiger partial charge in [-0.2, -0.15) is 19.6 Å². The first-order chi connectivity index (χ1) is 28.0. The summed E-state index contributed by atoms with van der Waals surface area (Å²) in [5.74, 6) is -0.751. The molecule has 2 N–H and O–H groups in total. The van der Waals surface area contributed by atoms with Crippen molar-refractivity contribution in [1.29, 1.82) is 0 Å². The molecule has 7 aromatic rings. The van der Waals surface area contributed by atoms with E-state index in [9.17, 15) is 19.5 Å². The molecule has 9 rings (SSSR count). The van der Waals surface area contributed by atoms with Crippen LogP contribution in [-0.2, 0) is 34.6 Å². The molecule has 0 unspecified atom stereocenters. The standard InChI is InChI=1S/C43H42N8O6Si/c1-27-39(58(2,3)56)38(17-19-48-26-31(18-20-52)46-47-48)57-43(27)36-22-33(51-41(54)35-14-7-5-11-30(35)24-45-51)15-16-37(36)49(42(43)55)25-28-9-8-12-32(21-28)50-40(53)34-13-6-4-10-29(34)23-44-50/h4-16,21-24,26-27,38-39,52,56H,17-20,25H2,1-3H3/t27-,38+,39-,43+/m1/s1. The normalized spacial score (nSPS) is 20.5.